The summed E-state index contributed by atoms with van der Waals surface area (Å²) >= 11 is 0. The largest absolute Gasteiger partial charge is 0.339 e. The second-order valence-corrected chi connectivity index (χ2v) is 5.45. The van der Waals surface area contributed by atoms with Crippen LogP contribution < -0.4 is 5.32 Å². The lowest BCUT2D eigenvalue weighted by Crippen LogP contribution is -2.43. The van der Waals surface area contributed by atoms with E-state index in [1.165, 1.54) is 0 Å². The maximum absolute atomic E-state index is 12.1. The summed E-state index contributed by atoms with van der Waals surface area (Å²) in [5, 5.41) is 2.41. The minimum Gasteiger partial charge on any atom is -0.339 e. The van der Waals surface area contributed by atoms with Crippen molar-refractivity contribution in [2.24, 2.45) is 5.92 Å². The van der Waals surface area contributed by atoms with Crippen LogP contribution in [-0.2, 0) is 9.59 Å². The zero-order valence-corrected chi connectivity index (χ0v) is 11.5. The fraction of sp³-hybridized carbons (Fsp3) is 0.750. The summed E-state index contributed by atoms with van der Waals surface area (Å²) in [5.74, 6) is -0.113. The Hall–Kier alpha value is -1.63. The highest BCUT2D eigenvalue weighted by Crippen LogP contribution is 2.20. The van der Waals surface area contributed by atoms with Gasteiger partial charge in [-0.1, -0.05) is 6.92 Å². The molecule has 4 amide bonds. The predicted octanol–water partition coefficient (Wildman–Crippen LogP) is -1.05. The Kier molecular flexibility index (Phi) is 3.75. The number of amides is 4. The quantitative estimate of drug-likeness (QED) is 0.663. The molecule has 0 unspecified atom stereocenters. The number of rotatable bonds is 3. The van der Waals surface area contributed by atoms with Crippen LogP contribution >= 0.6 is 0 Å². The van der Waals surface area contributed by atoms with Crippen LogP contribution in [0.4, 0.5) is 4.79 Å². The van der Waals surface area contributed by atoms with Crippen molar-refractivity contribution in [3.05, 3.63) is 0 Å². The number of carbonyl (C=O) groups excluding carboxylic acids is 3. The minimum atomic E-state index is -0.477. The van der Waals surface area contributed by atoms with Gasteiger partial charge in [-0.15, -0.1) is 0 Å². The van der Waals surface area contributed by atoms with Crippen molar-refractivity contribution in [2.45, 2.75) is 13.0 Å². The average Bonchev–Trinajstić information content (AvgIpc) is 2.86. The average molecular weight is 268 g/mol. The predicted molar refractivity (Wildman–Crippen MR) is 68.3 cm³/mol. The fourth-order valence-electron chi connectivity index (χ4n) is 2.68. The maximum Gasteiger partial charge on any atom is 0.325 e. The van der Waals surface area contributed by atoms with Crippen molar-refractivity contribution in [1.29, 1.82) is 0 Å². The molecular weight excluding hydrogens is 248 g/mol. The van der Waals surface area contributed by atoms with E-state index in [1.54, 1.807) is 4.90 Å². The molecule has 106 valence electrons. The van der Waals surface area contributed by atoms with E-state index in [0.717, 1.165) is 4.90 Å². The van der Waals surface area contributed by atoms with Crippen molar-refractivity contribution in [1.82, 2.24) is 20.0 Å². The highest BCUT2D eigenvalue weighted by molar-refractivity contribution is 6.04. The van der Waals surface area contributed by atoms with Crippen LogP contribution in [0, 0.1) is 5.92 Å². The van der Waals surface area contributed by atoms with Gasteiger partial charge in [0, 0.05) is 19.1 Å². The fourth-order valence-corrected chi connectivity index (χ4v) is 2.68. The number of likely N-dealkylation sites (tertiary alicyclic amines) is 1. The summed E-state index contributed by atoms with van der Waals surface area (Å²) in [5.41, 5.74) is 0. The van der Waals surface area contributed by atoms with Gasteiger partial charge in [0.1, 0.15) is 6.54 Å². The highest BCUT2D eigenvalue weighted by atomic mass is 16.2. The molecule has 2 aliphatic heterocycles. The molecule has 0 bridgehead atoms. The third kappa shape index (κ3) is 2.70. The van der Waals surface area contributed by atoms with Gasteiger partial charge in [-0.25, -0.2) is 4.79 Å². The summed E-state index contributed by atoms with van der Waals surface area (Å²) in [7, 11) is 3.99. The topological polar surface area (TPSA) is 73.0 Å². The Morgan fingerprint density at radius 1 is 1.37 bits per heavy atom. The van der Waals surface area contributed by atoms with Gasteiger partial charge >= 0.3 is 6.03 Å². The molecule has 0 radical (unpaired) electrons. The van der Waals surface area contributed by atoms with E-state index in [4.69, 9.17) is 0 Å². The number of carbonyl (C=O) groups is 3. The monoisotopic (exact) mass is 268 g/mol. The number of nitrogens with one attached hydrogen (secondary N) is 1. The van der Waals surface area contributed by atoms with Gasteiger partial charge in [0.15, 0.2) is 0 Å². The molecule has 0 aliphatic carbocycles. The third-order valence-corrected chi connectivity index (χ3v) is 3.82. The van der Waals surface area contributed by atoms with Crippen molar-refractivity contribution in [3.63, 3.8) is 0 Å². The molecule has 2 atom stereocenters. The first-order valence-corrected chi connectivity index (χ1v) is 6.42. The SMILES string of the molecule is C[C@@H]1CN(C(=O)CN2C(=O)CNC2=O)C[C@H]1N(C)C. The zero-order chi connectivity index (χ0) is 14.2. The van der Waals surface area contributed by atoms with Crippen LogP contribution in [0.15, 0.2) is 0 Å². The molecule has 0 aromatic carbocycles. The van der Waals surface area contributed by atoms with Crippen molar-refractivity contribution >= 4 is 17.8 Å². The van der Waals surface area contributed by atoms with Crippen molar-refractivity contribution in [2.75, 3.05) is 40.3 Å². The van der Waals surface area contributed by atoms with E-state index < -0.39 is 6.03 Å². The molecule has 2 heterocycles. The van der Waals surface area contributed by atoms with Crippen LogP contribution in [0.2, 0.25) is 0 Å². The first kappa shape index (κ1) is 13.8. The smallest absolute Gasteiger partial charge is 0.325 e. The van der Waals surface area contributed by atoms with E-state index in [-0.39, 0.29) is 24.9 Å². The number of nitrogens with zero attached hydrogens (tertiary/aromatic N) is 3. The molecule has 0 aromatic rings. The lowest BCUT2D eigenvalue weighted by Gasteiger charge is -2.23. The second kappa shape index (κ2) is 5.16. The summed E-state index contributed by atoms with van der Waals surface area (Å²) < 4.78 is 0. The van der Waals surface area contributed by atoms with Crippen molar-refractivity contribution in [3.8, 4) is 0 Å². The second-order valence-electron chi connectivity index (χ2n) is 5.45. The van der Waals surface area contributed by atoms with Gasteiger partial charge in [0.2, 0.25) is 5.91 Å². The first-order valence-electron chi connectivity index (χ1n) is 6.42. The molecule has 0 aromatic heterocycles. The lowest BCUT2D eigenvalue weighted by atomic mass is 10.1. The Labute approximate surface area is 112 Å². The molecule has 7 heteroatoms. The number of urea groups is 1. The summed E-state index contributed by atoms with van der Waals surface area (Å²) in [6, 6.07) is -0.151. The minimum absolute atomic E-state index is 0.0111. The van der Waals surface area contributed by atoms with Crippen molar-refractivity contribution < 1.29 is 14.4 Å². The Balaban J connectivity index is 1.94. The Morgan fingerprint density at radius 2 is 2.05 bits per heavy atom. The van der Waals surface area contributed by atoms with E-state index in [9.17, 15) is 14.4 Å². The van der Waals surface area contributed by atoms with Gasteiger partial charge in [-0.3, -0.25) is 14.5 Å². The van der Waals surface area contributed by atoms with Crippen LogP contribution in [0.5, 0.6) is 0 Å². The Morgan fingerprint density at radius 3 is 2.53 bits per heavy atom. The Bertz CT molecular complexity index is 394. The molecular formula is C12H20N4O3. The zero-order valence-electron chi connectivity index (χ0n) is 11.5. The van der Waals surface area contributed by atoms with Crippen LogP contribution in [0.25, 0.3) is 0 Å². The van der Waals surface area contributed by atoms with Crippen LogP contribution in [0.1, 0.15) is 6.92 Å². The maximum atomic E-state index is 12.1. The standard InChI is InChI=1S/C12H20N4O3/c1-8-5-15(6-9(8)14(2)3)11(18)7-16-10(17)4-13-12(16)19/h8-9H,4-7H2,1-3H3,(H,13,19)/t8-,9-/m1/s1. The molecule has 19 heavy (non-hydrogen) atoms. The molecule has 2 rings (SSSR count). The van der Waals surface area contributed by atoms with Gasteiger partial charge in [-0.05, 0) is 20.0 Å². The lowest BCUT2D eigenvalue weighted by molar-refractivity contribution is -0.135. The van der Waals surface area contributed by atoms with Gasteiger partial charge in [-0.2, -0.15) is 0 Å². The van der Waals surface area contributed by atoms with Gasteiger partial charge in [0.25, 0.3) is 5.91 Å². The highest BCUT2D eigenvalue weighted by Gasteiger charge is 2.36. The summed E-state index contributed by atoms with van der Waals surface area (Å²) in [6.07, 6.45) is 0. The molecule has 2 fully saturated rings. The summed E-state index contributed by atoms with van der Waals surface area (Å²) in [4.78, 5) is 39.8. The molecule has 0 saturated carbocycles. The summed E-state index contributed by atoms with van der Waals surface area (Å²) in [6.45, 7) is 3.26. The third-order valence-electron chi connectivity index (χ3n) is 3.82. The van der Waals surface area contributed by atoms with E-state index >= 15 is 0 Å². The number of likely N-dealkylation sites (N-methyl/N-ethyl adjacent to an activating group) is 1. The van der Waals surface area contributed by atoms with Crippen LogP contribution in [0.3, 0.4) is 0 Å². The van der Waals surface area contributed by atoms with E-state index in [0.29, 0.717) is 25.0 Å². The van der Waals surface area contributed by atoms with E-state index in [2.05, 4.69) is 17.1 Å². The van der Waals surface area contributed by atoms with E-state index in [1.807, 2.05) is 14.1 Å². The number of imide groups is 1. The first-order chi connectivity index (χ1) is 8.90. The van der Waals surface area contributed by atoms with Gasteiger partial charge in [0.05, 0.1) is 6.54 Å². The molecule has 1 N–H and O–H groups in total. The number of hydrogen-bond acceptors (Lipinski definition) is 4. The van der Waals surface area contributed by atoms with Gasteiger partial charge < -0.3 is 15.1 Å². The normalized spacial score (nSPS) is 27.4. The molecule has 0 spiro atoms. The number of hydrogen-bond donors (Lipinski definition) is 1. The molecule has 7 nitrogen and oxygen atoms in total. The molecule has 2 aliphatic rings. The molecule has 2 saturated heterocycles. The van der Waals surface area contributed by atoms with Crippen LogP contribution in [-0.4, -0.2) is 78.9 Å².